The minimum atomic E-state index is -4.97. The molecule has 0 amide bonds. The molecule has 0 aromatic heterocycles. The number of aliphatic hydroxyl groups excluding tert-OH is 1. The van der Waals surface area contributed by atoms with E-state index >= 15 is 0 Å². The van der Waals surface area contributed by atoms with Gasteiger partial charge in [0.1, 0.15) is 19.3 Å². The first-order chi connectivity index (χ1) is 52.4. The summed E-state index contributed by atoms with van der Waals surface area (Å²) < 4.78 is 69.0. The minimum absolute atomic E-state index is 0.106. The predicted octanol–water partition coefficient (Wildman–Crippen LogP) is 27.4. The van der Waals surface area contributed by atoms with Crippen molar-refractivity contribution in [3.8, 4) is 0 Å². The van der Waals surface area contributed by atoms with Crippen LogP contribution in [-0.2, 0) is 65.4 Å². The molecule has 0 aliphatic rings. The monoisotopic (exact) mass is 1580 g/mol. The molecular formula is C89H174O17P2. The molecule has 0 radical (unpaired) electrons. The second-order valence-electron chi connectivity index (χ2n) is 32.5. The Morgan fingerprint density at radius 2 is 0.444 bits per heavy atom. The van der Waals surface area contributed by atoms with E-state index in [0.29, 0.717) is 25.7 Å². The second kappa shape index (κ2) is 80.3. The minimum Gasteiger partial charge on any atom is -0.462 e. The molecule has 642 valence electrons. The highest BCUT2D eigenvalue weighted by Crippen LogP contribution is 2.45. The summed E-state index contributed by atoms with van der Waals surface area (Å²) in [5.41, 5.74) is 0. The van der Waals surface area contributed by atoms with Crippen LogP contribution in [0, 0.1) is 11.8 Å². The maximum Gasteiger partial charge on any atom is 0.472 e. The molecule has 4 unspecified atom stereocenters. The molecule has 0 saturated carbocycles. The van der Waals surface area contributed by atoms with Crippen LogP contribution < -0.4 is 0 Å². The third kappa shape index (κ3) is 79.3. The van der Waals surface area contributed by atoms with Crippen molar-refractivity contribution in [1.29, 1.82) is 0 Å². The van der Waals surface area contributed by atoms with Crippen molar-refractivity contribution in [2.24, 2.45) is 11.8 Å². The zero-order chi connectivity index (χ0) is 79.2. The van der Waals surface area contributed by atoms with Crippen molar-refractivity contribution in [1.82, 2.24) is 0 Å². The lowest BCUT2D eigenvalue weighted by atomic mass is 9.99. The van der Waals surface area contributed by atoms with Gasteiger partial charge in [0.2, 0.25) is 0 Å². The molecule has 0 saturated heterocycles. The molecule has 0 aliphatic carbocycles. The SMILES string of the molecule is CCCCCCCCCCCCCCCCCCCCCCCCC(=O)O[C@H](COC(=O)CCCCCCCCCCCCCCCCCCCCCC)COP(=O)(O)OC[C@@H](O)COP(=O)(O)OC[C@@H](COC(=O)CCCCCCCCCCC(C)CC)OC(=O)CCCCCCCCCCCCC(C)CC. The Kier molecular flexibility index (Phi) is 78.8. The molecule has 0 aliphatic heterocycles. The zero-order valence-electron chi connectivity index (χ0n) is 71.2. The predicted molar refractivity (Wildman–Crippen MR) is 446 cm³/mol. The number of aliphatic hydroxyl groups is 1. The van der Waals surface area contributed by atoms with Crippen LogP contribution in [0.2, 0.25) is 0 Å². The van der Waals surface area contributed by atoms with E-state index in [0.717, 1.165) is 102 Å². The van der Waals surface area contributed by atoms with Crippen LogP contribution in [0.4, 0.5) is 0 Å². The third-order valence-electron chi connectivity index (χ3n) is 21.7. The first-order valence-corrected chi connectivity index (χ1v) is 49.1. The van der Waals surface area contributed by atoms with Gasteiger partial charge in [-0.1, -0.05) is 427 Å². The van der Waals surface area contributed by atoms with Gasteiger partial charge in [0.05, 0.1) is 26.4 Å². The summed E-state index contributed by atoms with van der Waals surface area (Å²) in [4.78, 5) is 73.3. The van der Waals surface area contributed by atoms with E-state index in [4.69, 9.17) is 37.0 Å². The van der Waals surface area contributed by atoms with Crippen molar-refractivity contribution in [2.45, 2.75) is 496 Å². The average molecular weight is 1580 g/mol. The van der Waals surface area contributed by atoms with Crippen LogP contribution >= 0.6 is 15.6 Å². The van der Waals surface area contributed by atoms with E-state index in [1.807, 2.05) is 0 Å². The van der Waals surface area contributed by atoms with Crippen molar-refractivity contribution in [3.05, 3.63) is 0 Å². The molecule has 108 heavy (non-hydrogen) atoms. The molecule has 3 N–H and O–H groups in total. The Morgan fingerprint density at radius 3 is 0.657 bits per heavy atom. The van der Waals surface area contributed by atoms with E-state index in [1.54, 1.807) is 0 Å². The summed E-state index contributed by atoms with van der Waals surface area (Å²) in [7, 11) is -9.93. The van der Waals surface area contributed by atoms with Gasteiger partial charge in [-0.2, -0.15) is 0 Å². The lowest BCUT2D eigenvalue weighted by molar-refractivity contribution is -0.161. The first-order valence-electron chi connectivity index (χ1n) is 46.1. The van der Waals surface area contributed by atoms with Gasteiger partial charge in [-0.05, 0) is 37.5 Å². The van der Waals surface area contributed by atoms with Crippen LogP contribution in [0.5, 0.6) is 0 Å². The normalized spacial score (nSPS) is 14.3. The lowest BCUT2D eigenvalue weighted by Crippen LogP contribution is -2.30. The quantitative estimate of drug-likeness (QED) is 0.0222. The maximum atomic E-state index is 13.2. The van der Waals surface area contributed by atoms with Gasteiger partial charge in [-0.15, -0.1) is 0 Å². The fourth-order valence-electron chi connectivity index (χ4n) is 13.9. The largest absolute Gasteiger partial charge is 0.472 e. The Balaban J connectivity index is 5.24. The number of hydrogen-bond acceptors (Lipinski definition) is 15. The van der Waals surface area contributed by atoms with Gasteiger partial charge in [0.25, 0.3) is 0 Å². The molecule has 17 nitrogen and oxygen atoms in total. The molecule has 0 bridgehead atoms. The summed E-state index contributed by atoms with van der Waals surface area (Å²) in [6, 6.07) is 0. The highest BCUT2D eigenvalue weighted by molar-refractivity contribution is 7.47. The second-order valence-corrected chi connectivity index (χ2v) is 35.4. The van der Waals surface area contributed by atoms with E-state index in [9.17, 15) is 43.2 Å². The molecule has 0 fully saturated rings. The van der Waals surface area contributed by atoms with Gasteiger partial charge in [-0.25, -0.2) is 9.13 Å². The molecule has 0 rings (SSSR count). The molecular weight excluding hydrogens is 1400 g/mol. The fourth-order valence-corrected chi connectivity index (χ4v) is 15.5. The van der Waals surface area contributed by atoms with Gasteiger partial charge in [0, 0.05) is 25.7 Å². The lowest BCUT2D eigenvalue weighted by Gasteiger charge is -2.21. The molecule has 7 atom stereocenters. The third-order valence-corrected chi connectivity index (χ3v) is 23.6. The van der Waals surface area contributed by atoms with Crippen molar-refractivity contribution in [3.63, 3.8) is 0 Å². The Hall–Kier alpha value is -1.94. The van der Waals surface area contributed by atoms with Crippen LogP contribution in [0.3, 0.4) is 0 Å². The highest BCUT2D eigenvalue weighted by Gasteiger charge is 2.31. The molecule has 0 aromatic carbocycles. The van der Waals surface area contributed by atoms with Gasteiger partial charge < -0.3 is 33.8 Å². The summed E-state index contributed by atoms with van der Waals surface area (Å²) in [6.07, 6.45) is 73.7. The summed E-state index contributed by atoms with van der Waals surface area (Å²) in [5, 5.41) is 10.7. The number of phosphoric acid groups is 2. The number of unbranched alkanes of at least 4 members (excludes halogenated alkanes) is 56. The Morgan fingerprint density at radius 1 is 0.259 bits per heavy atom. The van der Waals surface area contributed by atoms with Gasteiger partial charge >= 0.3 is 39.5 Å². The fraction of sp³-hybridized carbons (Fsp3) is 0.955. The van der Waals surface area contributed by atoms with Crippen molar-refractivity contribution in [2.75, 3.05) is 39.6 Å². The van der Waals surface area contributed by atoms with Crippen LogP contribution in [0.25, 0.3) is 0 Å². The Bertz CT molecular complexity index is 2070. The van der Waals surface area contributed by atoms with E-state index in [2.05, 4.69) is 41.5 Å². The maximum absolute atomic E-state index is 13.2. The molecule has 0 aromatic rings. The molecule has 19 heteroatoms. The standard InChI is InChI=1S/C89H174O17P2/c1-7-11-13-15-17-19-21-23-25-27-29-31-32-34-36-38-40-42-47-55-61-67-73-88(93)105-84(77-99-86(91)71-65-59-53-46-41-39-37-35-33-30-28-26-24-22-20-18-16-14-12-8-2)79-103-107(95,96)101-75-83(90)76-102-108(97,98)104-80-85(78-100-87(92)72-66-60-54-50-49-52-58-64-70-82(6)10-4)106-89(94)74-68-62-56-48-44-43-45-51-57-63-69-81(5)9-3/h81-85,90H,7-80H2,1-6H3,(H,95,96)(H,97,98)/t81?,82?,83-,84-,85-/m1/s1. The molecule has 0 spiro atoms. The number of carbonyl (C=O) groups excluding carboxylic acids is 4. The number of ether oxygens (including phenoxy) is 4. The van der Waals surface area contributed by atoms with Crippen LogP contribution in [0.15, 0.2) is 0 Å². The Labute approximate surface area is 664 Å². The van der Waals surface area contributed by atoms with Gasteiger partial charge in [0.15, 0.2) is 12.2 Å². The van der Waals surface area contributed by atoms with Gasteiger partial charge in [-0.3, -0.25) is 37.3 Å². The average Bonchev–Trinajstić information content (AvgIpc) is 0.903. The zero-order valence-corrected chi connectivity index (χ0v) is 73.0. The number of esters is 4. The first kappa shape index (κ1) is 106. The summed E-state index contributed by atoms with van der Waals surface area (Å²) in [5.74, 6) is -0.520. The molecule has 0 heterocycles. The number of hydrogen-bond donors (Lipinski definition) is 3. The van der Waals surface area contributed by atoms with Crippen LogP contribution in [-0.4, -0.2) is 96.7 Å². The number of rotatable bonds is 88. The highest BCUT2D eigenvalue weighted by atomic mass is 31.2. The topological polar surface area (TPSA) is 237 Å². The summed E-state index contributed by atoms with van der Waals surface area (Å²) in [6.45, 7) is 9.71. The van der Waals surface area contributed by atoms with E-state index in [1.165, 1.54) is 295 Å². The van der Waals surface area contributed by atoms with Crippen molar-refractivity contribution < 1.29 is 80.2 Å². The van der Waals surface area contributed by atoms with E-state index < -0.39 is 97.5 Å². The van der Waals surface area contributed by atoms with Crippen LogP contribution in [0.1, 0.15) is 478 Å². The summed E-state index contributed by atoms with van der Waals surface area (Å²) >= 11 is 0. The van der Waals surface area contributed by atoms with E-state index in [-0.39, 0.29) is 25.7 Å². The number of carbonyl (C=O) groups is 4. The smallest absolute Gasteiger partial charge is 0.462 e. The van der Waals surface area contributed by atoms with Crippen molar-refractivity contribution >= 4 is 39.5 Å². The number of phosphoric ester groups is 2.